The minimum absolute atomic E-state index is 0.570. The van der Waals surface area contributed by atoms with Crippen molar-refractivity contribution in [3.05, 3.63) is 18.3 Å². The summed E-state index contributed by atoms with van der Waals surface area (Å²) in [6, 6.07) is 3.69. The first kappa shape index (κ1) is 7.57. The largest absolute Gasteiger partial charge is 0.290 e. The van der Waals surface area contributed by atoms with Gasteiger partial charge in [-0.15, -0.1) is 0 Å². The highest BCUT2D eigenvalue weighted by Gasteiger charge is 2.11. The van der Waals surface area contributed by atoms with Crippen LogP contribution in [0.15, 0.2) is 28.3 Å². The highest BCUT2D eigenvalue weighted by atomic mass is 32.2. The lowest BCUT2D eigenvalue weighted by atomic mass is 10.4. The maximum atomic E-state index is 8.60. The number of hydroxylamine groups is 1. The van der Waals surface area contributed by atoms with Crippen molar-refractivity contribution in [3.63, 3.8) is 0 Å². The molecule has 0 spiro atoms. The van der Waals surface area contributed by atoms with E-state index in [1.54, 1.807) is 18.0 Å². The summed E-state index contributed by atoms with van der Waals surface area (Å²) in [4.78, 5) is 8.27. The number of rotatable bonds is 0. The molecule has 12 heavy (non-hydrogen) atoms. The molecule has 0 saturated heterocycles. The number of nitrogens with zero attached hydrogens (tertiary/aromatic N) is 2. The molecule has 2 heterocycles. The smallest absolute Gasteiger partial charge is 0.136 e. The van der Waals surface area contributed by atoms with Crippen LogP contribution in [-0.2, 0) is 0 Å². The quantitative estimate of drug-likeness (QED) is 0.590. The Morgan fingerprint density at radius 3 is 3.33 bits per heavy atom. The van der Waals surface area contributed by atoms with Crippen LogP contribution in [0.25, 0.3) is 0 Å². The van der Waals surface area contributed by atoms with Crippen molar-refractivity contribution < 1.29 is 5.21 Å². The molecule has 1 aromatic rings. The first-order valence-electron chi connectivity index (χ1n) is 3.45. The molecule has 62 valence electrons. The molecule has 0 unspecified atom stereocenters. The molecule has 0 amide bonds. The summed E-state index contributed by atoms with van der Waals surface area (Å²) in [5, 5.41) is 9.52. The van der Waals surface area contributed by atoms with Crippen molar-refractivity contribution in [1.82, 2.24) is 10.5 Å². The van der Waals surface area contributed by atoms with Crippen molar-refractivity contribution in [2.45, 2.75) is 5.03 Å². The summed E-state index contributed by atoms with van der Waals surface area (Å²) in [7, 11) is 0. The molecule has 0 aliphatic carbocycles. The second kappa shape index (κ2) is 3.12. The van der Waals surface area contributed by atoms with E-state index in [0.29, 0.717) is 11.6 Å². The number of aromatic nitrogens is 1. The van der Waals surface area contributed by atoms with Crippen LogP contribution in [0.2, 0.25) is 0 Å². The van der Waals surface area contributed by atoms with E-state index in [9.17, 15) is 0 Å². The van der Waals surface area contributed by atoms with Gasteiger partial charge in [0.25, 0.3) is 0 Å². The van der Waals surface area contributed by atoms with Gasteiger partial charge in [0, 0.05) is 6.20 Å². The highest BCUT2D eigenvalue weighted by Crippen LogP contribution is 2.30. The molecule has 2 rings (SSSR count). The Balaban J connectivity index is 2.41. The monoisotopic (exact) mass is 181 g/mol. The van der Waals surface area contributed by atoms with Crippen LogP contribution in [0.3, 0.4) is 0 Å². The summed E-state index contributed by atoms with van der Waals surface area (Å²) in [5.74, 6) is 1.21. The van der Waals surface area contributed by atoms with Crippen molar-refractivity contribution >= 4 is 23.3 Å². The van der Waals surface area contributed by atoms with Crippen LogP contribution in [0, 0.1) is 0 Å². The van der Waals surface area contributed by atoms with E-state index < -0.39 is 0 Å². The summed E-state index contributed by atoms with van der Waals surface area (Å²) in [6.07, 6.45) is 1.73. The van der Waals surface area contributed by atoms with Crippen molar-refractivity contribution in [3.8, 4) is 0 Å². The number of aliphatic imine (C=N–C) groups is 1. The number of hydrogen-bond donors (Lipinski definition) is 2. The van der Waals surface area contributed by atoms with E-state index in [4.69, 9.17) is 5.21 Å². The minimum Gasteiger partial charge on any atom is -0.290 e. The van der Waals surface area contributed by atoms with Crippen molar-refractivity contribution in [2.24, 2.45) is 4.99 Å². The standard InChI is InChI=1S/C7H7N3OS/c11-10-6-4-12-7-5(9-6)2-1-3-8-7/h1-3,11H,4H2,(H,9,10). The number of pyridine rings is 1. The molecule has 1 aliphatic rings. The molecule has 0 atom stereocenters. The van der Waals surface area contributed by atoms with Crippen LogP contribution in [0.1, 0.15) is 0 Å². The third-order valence-electron chi connectivity index (χ3n) is 1.48. The van der Waals surface area contributed by atoms with E-state index in [2.05, 4.69) is 9.98 Å². The predicted octanol–water partition coefficient (Wildman–Crippen LogP) is 1.20. The Kier molecular flexibility index (Phi) is 1.97. The number of hydrogen-bond acceptors (Lipinski definition) is 5. The van der Waals surface area contributed by atoms with Gasteiger partial charge in [0.2, 0.25) is 0 Å². The summed E-state index contributed by atoms with van der Waals surface area (Å²) in [6.45, 7) is 0. The van der Waals surface area contributed by atoms with Crippen molar-refractivity contribution in [1.29, 1.82) is 0 Å². The number of amidine groups is 1. The van der Waals surface area contributed by atoms with Gasteiger partial charge in [-0.25, -0.2) is 9.98 Å². The molecule has 0 aromatic carbocycles. The predicted molar refractivity (Wildman–Crippen MR) is 47.0 cm³/mol. The topological polar surface area (TPSA) is 57.5 Å². The average molecular weight is 181 g/mol. The van der Waals surface area contributed by atoms with Gasteiger partial charge in [0.15, 0.2) is 0 Å². The van der Waals surface area contributed by atoms with E-state index >= 15 is 0 Å². The maximum absolute atomic E-state index is 8.60. The van der Waals surface area contributed by atoms with Gasteiger partial charge in [-0.2, -0.15) is 0 Å². The molecule has 1 aliphatic heterocycles. The SMILES string of the molecule is ONC1=Nc2cccnc2SC1. The van der Waals surface area contributed by atoms with Gasteiger partial charge in [-0.05, 0) is 12.1 Å². The zero-order valence-corrected chi connectivity index (χ0v) is 7.01. The number of thioether (sulfide) groups is 1. The zero-order valence-electron chi connectivity index (χ0n) is 6.19. The molecule has 1 aromatic heterocycles. The Labute approximate surface area is 73.7 Å². The zero-order chi connectivity index (χ0) is 8.39. The molecule has 4 nitrogen and oxygen atoms in total. The van der Waals surface area contributed by atoms with Crippen LogP contribution in [0.4, 0.5) is 5.69 Å². The third kappa shape index (κ3) is 1.28. The number of fused-ring (bicyclic) bond motifs is 1. The molecule has 0 fully saturated rings. The first-order valence-corrected chi connectivity index (χ1v) is 4.44. The lowest BCUT2D eigenvalue weighted by Gasteiger charge is -2.11. The maximum Gasteiger partial charge on any atom is 0.136 e. The van der Waals surface area contributed by atoms with E-state index in [0.717, 1.165) is 10.7 Å². The summed E-state index contributed by atoms with van der Waals surface area (Å²) in [5.41, 5.74) is 2.86. The second-order valence-corrected chi connectivity index (χ2v) is 3.25. The van der Waals surface area contributed by atoms with Gasteiger partial charge in [-0.3, -0.25) is 10.7 Å². The molecular weight excluding hydrogens is 174 g/mol. The van der Waals surface area contributed by atoms with Crippen LogP contribution in [-0.4, -0.2) is 21.8 Å². The average Bonchev–Trinajstić information content (AvgIpc) is 2.17. The molecule has 0 saturated carbocycles. The highest BCUT2D eigenvalue weighted by molar-refractivity contribution is 8.00. The minimum atomic E-state index is 0.570. The van der Waals surface area contributed by atoms with Gasteiger partial charge >= 0.3 is 0 Å². The fourth-order valence-electron chi connectivity index (χ4n) is 0.950. The Morgan fingerprint density at radius 2 is 2.50 bits per heavy atom. The number of nitrogens with one attached hydrogen (secondary N) is 1. The normalized spacial score (nSPS) is 14.9. The van der Waals surface area contributed by atoms with Gasteiger partial charge in [0.1, 0.15) is 10.9 Å². The molecule has 2 N–H and O–H groups in total. The van der Waals surface area contributed by atoms with Gasteiger partial charge < -0.3 is 0 Å². The van der Waals surface area contributed by atoms with Gasteiger partial charge in [0.05, 0.1) is 11.4 Å². The molecular formula is C7H7N3OS. The lowest BCUT2D eigenvalue weighted by molar-refractivity contribution is 0.234. The van der Waals surface area contributed by atoms with E-state index in [1.165, 1.54) is 0 Å². The Bertz CT molecular complexity index is 326. The van der Waals surface area contributed by atoms with Crippen LogP contribution in [0.5, 0.6) is 0 Å². The fraction of sp³-hybridized carbons (Fsp3) is 0.143. The molecule has 5 heteroatoms. The van der Waals surface area contributed by atoms with Crippen LogP contribution < -0.4 is 5.48 Å². The van der Waals surface area contributed by atoms with E-state index in [-0.39, 0.29) is 0 Å². The van der Waals surface area contributed by atoms with E-state index in [1.807, 2.05) is 17.6 Å². The van der Waals surface area contributed by atoms with Crippen LogP contribution >= 0.6 is 11.8 Å². The van der Waals surface area contributed by atoms with Gasteiger partial charge in [-0.1, -0.05) is 11.8 Å². The lowest BCUT2D eigenvalue weighted by Crippen LogP contribution is -2.22. The Hall–Kier alpha value is -1.07. The fourth-order valence-corrected chi connectivity index (χ4v) is 1.75. The molecule has 0 radical (unpaired) electrons. The second-order valence-electron chi connectivity index (χ2n) is 2.29. The Morgan fingerprint density at radius 1 is 1.58 bits per heavy atom. The first-order chi connectivity index (χ1) is 5.90. The summed E-state index contributed by atoms with van der Waals surface area (Å²) < 4.78 is 0. The molecule has 0 bridgehead atoms. The third-order valence-corrected chi connectivity index (χ3v) is 2.49. The van der Waals surface area contributed by atoms with Crippen molar-refractivity contribution in [2.75, 3.05) is 5.75 Å². The summed E-state index contributed by atoms with van der Waals surface area (Å²) >= 11 is 1.56.